The quantitative estimate of drug-likeness (QED) is 0.190. The largest absolute Gasteiger partial charge is 1.00 e. The molecule has 0 aliphatic heterocycles. The molecule has 7 heteroatoms. The molecular weight excluding hydrogens is 175 g/mol. The second kappa shape index (κ2) is 16.0. The van der Waals surface area contributed by atoms with Gasteiger partial charge in [-0.15, -0.1) is 0 Å². The summed E-state index contributed by atoms with van der Waals surface area (Å²) < 4.78 is 24.1. The summed E-state index contributed by atoms with van der Waals surface area (Å²) in [5.41, 5.74) is 0. The number of carbonyl (C=O) groups excluding carboxylic acids is 2. The number of hydrogen-bond acceptors (Lipinski definition) is 4. The average molecular weight is 178 g/mol. The third kappa shape index (κ3) is 107. The number of hydrogen-bond donors (Lipinski definition) is 1. The fourth-order valence-corrected chi connectivity index (χ4v) is 0. The predicted octanol–water partition coefficient (Wildman–Crippen LogP) is -4.27. The van der Waals surface area contributed by atoms with Crippen LogP contribution in [0, 0.1) is 0 Å². The molecule has 1 atom stereocenters. The van der Waals surface area contributed by atoms with Crippen LogP contribution in [0.4, 0.5) is 0 Å². The summed E-state index contributed by atoms with van der Waals surface area (Å²) in [6, 6.07) is 0. The molecule has 0 amide bonds. The fourth-order valence-electron chi connectivity index (χ4n) is 0. The summed E-state index contributed by atoms with van der Waals surface area (Å²) in [5.74, 6) is 0. The summed E-state index contributed by atoms with van der Waals surface area (Å²) in [6.07, 6.45) is 0.389. The Morgan fingerprint density at radius 3 is 1.44 bits per heavy atom. The Kier molecular flexibility index (Phi) is 29.5. The van der Waals surface area contributed by atoms with Crippen molar-refractivity contribution < 1.29 is 74.3 Å². The molecule has 0 aromatic carbocycles. The van der Waals surface area contributed by atoms with Gasteiger partial charge in [0.1, 0.15) is 0 Å². The second-order valence-electron chi connectivity index (χ2n) is 0.489. The van der Waals surface area contributed by atoms with E-state index < -0.39 is 11.4 Å². The van der Waals surface area contributed by atoms with Gasteiger partial charge in [0.05, 0.1) is 11.4 Å². The molecule has 0 aliphatic rings. The maximum Gasteiger partial charge on any atom is 1.00 e. The van der Waals surface area contributed by atoms with E-state index in [-0.39, 0.29) is 64.0 Å². The van der Waals surface area contributed by atoms with Crippen molar-refractivity contribution in [1.29, 1.82) is 0 Å². The van der Waals surface area contributed by atoms with Crippen molar-refractivity contribution in [2.24, 2.45) is 0 Å². The van der Waals surface area contributed by atoms with Crippen LogP contribution in [-0.2, 0) is 21.0 Å². The van der Waals surface area contributed by atoms with Crippen molar-refractivity contribution in [3.8, 4) is 0 Å². The summed E-state index contributed by atoms with van der Waals surface area (Å²) in [6.45, 7) is 0. The van der Waals surface area contributed by atoms with E-state index in [9.17, 15) is 0 Å². The van der Waals surface area contributed by atoms with Crippen molar-refractivity contribution in [3.05, 3.63) is 0 Å². The molecule has 0 rings (SSSR count). The standard InChI is InChI=1S/C2H2O2.K.H2O3S/c3-1-2-4;;1-4(2)3/h1-2H;;(H2,1,2,3)/q;+1;/p-1. The van der Waals surface area contributed by atoms with E-state index in [1.807, 2.05) is 0 Å². The Hall–Kier alpha value is 1.05. The molecule has 1 unspecified atom stereocenters. The van der Waals surface area contributed by atoms with E-state index >= 15 is 0 Å². The smallest absolute Gasteiger partial charge is 0.750 e. The van der Waals surface area contributed by atoms with Crippen LogP contribution in [-0.4, -0.2) is 25.9 Å². The van der Waals surface area contributed by atoms with Crippen molar-refractivity contribution in [3.63, 3.8) is 0 Å². The van der Waals surface area contributed by atoms with E-state index in [1.165, 1.54) is 0 Å². The molecule has 0 radical (unpaired) electrons. The molecular formula is C2H3KO5S. The van der Waals surface area contributed by atoms with Crippen molar-refractivity contribution in [1.82, 2.24) is 0 Å². The van der Waals surface area contributed by atoms with Crippen LogP contribution in [0.2, 0.25) is 0 Å². The molecule has 48 valence electrons. The maximum absolute atomic E-state index is 8.81. The molecule has 5 nitrogen and oxygen atoms in total. The van der Waals surface area contributed by atoms with Crippen LogP contribution in [0.3, 0.4) is 0 Å². The summed E-state index contributed by atoms with van der Waals surface area (Å²) in [7, 11) is 0. The van der Waals surface area contributed by atoms with Crippen LogP contribution in [0.5, 0.6) is 0 Å². The Labute approximate surface area is 96.7 Å². The van der Waals surface area contributed by atoms with Gasteiger partial charge in [-0.25, -0.2) is 4.21 Å². The van der Waals surface area contributed by atoms with E-state index in [4.69, 9.17) is 22.9 Å². The zero-order valence-corrected chi connectivity index (χ0v) is 8.58. The van der Waals surface area contributed by atoms with Gasteiger partial charge in [-0.1, -0.05) is 0 Å². The zero-order valence-electron chi connectivity index (χ0n) is 4.64. The first kappa shape index (κ1) is 16.6. The van der Waals surface area contributed by atoms with Gasteiger partial charge in [-0.3, -0.25) is 9.59 Å². The normalized spacial score (nSPS) is 9.11. The minimum atomic E-state index is -2.86. The Morgan fingerprint density at radius 1 is 1.33 bits per heavy atom. The first-order chi connectivity index (χ1) is 3.65. The Bertz CT molecular complexity index is 83.0. The van der Waals surface area contributed by atoms with Crippen LogP contribution >= 0.6 is 0 Å². The Balaban J connectivity index is -0.0000000720. The minimum absolute atomic E-state index is 0. The molecule has 9 heavy (non-hydrogen) atoms. The van der Waals surface area contributed by atoms with Gasteiger partial charge in [0.25, 0.3) is 0 Å². The molecule has 0 saturated carbocycles. The van der Waals surface area contributed by atoms with E-state index in [2.05, 4.69) is 0 Å². The maximum atomic E-state index is 8.81. The van der Waals surface area contributed by atoms with Crippen molar-refractivity contribution >= 4 is 23.9 Å². The molecule has 0 spiro atoms. The summed E-state index contributed by atoms with van der Waals surface area (Å²) >= 11 is -2.86. The predicted molar refractivity (Wildman–Crippen MR) is 23.7 cm³/mol. The average Bonchev–Trinajstić information content (AvgIpc) is 1.65. The van der Waals surface area contributed by atoms with Gasteiger partial charge in [0.2, 0.25) is 0 Å². The van der Waals surface area contributed by atoms with Gasteiger partial charge in [-0.05, 0) is 0 Å². The van der Waals surface area contributed by atoms with Gasteiger partial charge in [0.15, 0.2) is 12.6 Å². The third-order valence-electron chi connectivity index (χ3n) is 0.0556. The molecule has 0 heterocycles. The van der Waals surface area contributed by atoms with E-state index in [0.717, 1.165) is 0 Å². The van der Waals surface area contributed by atoms with Gasteiger partial charge < -0.3 is 9.11 Å². The SMILES string of the molecule is O=CC=O.O=S([O-])O.[K+]. The molecule has 0 saturated heterocycles. The van der Waals surface area contributed by atoms with Gasteiger partial charge >= 0.3 is 51.4 Å². The molecule has 0 aromatic heterocycles. The Morgan fingerprint density at radius 2 is 1.44 bits per heavy atom. The topological polar surface area (TPSA) is 94.5 Å². The zero-order chi connectivity index (χ0) is 6.99. The van der Waals surface area contributed by atoms with Crippen LogP contribution in [0.15, 0.2) is 0 Å². The second-order valence-corrected chi connectivity index (χ2v) is 0.924. The van der Waals surface area contributed by atoms with Crippen LogP contribution in [0.1, 0.15) is 0 Å². The fraction of sp³-hybridized carbons (Fsp3) is 0. The minimum Gasteiger partial charge on any atom is -0.750 e. The molecule has 0 bridgehead atoms. The third-order valence-corrected chi connectivity index (χ3v) is 0.0556. The molecule has 0 fully saturated rings. The number of carbonyl (C=O) groups is 2. The van der Waals surface area contributed by atoms with Gasteiger partial charge in [0, 0.05) is 0 Å². The number of rotatable bonds is 1. The van der Waals surface area contributed by atoms with Crippen LogP contribution < -0.4 is 51.4 Å². The monoisotopic (exact) mass is 178 g/mol. The molecule has 1 N–H and O–H groups in total. The van der Waals surface area contributed by atoms with E-state index in [0.29, 0.717) is 0 Å². The van der Waals surface area contributed by atoms with E-state index in [1.54, 1.807) is 0 Å². The first-order valence-corrected chi connectivity index (χ1v) is 2.35. The van der Waals surface area contributed by atoms with Crippen LogP contribution in [0.25, 0.3) is 0 Å². The van der Waals surface area contributed by atoms with Crippen molar-refractivity contribution in [2.75, 3.05) is 0 Å². The summed E-state index contributed by atoms with van der Waals surface area (Å²) in [4.78, 5) is 17.6. The van der Waals surface area contributed by atoms with Gasteiger partial charge in [-0.2, -0.15) is 0 Å². The molecule has 0 aromatic rings. The molecule has 0 aliphatic carbocycles. The number of aldehydes is 2. The summed E-state index contributed by atoms with van der Waals surface area (Å²) in [5, 5.41) is 0. The van der Waals surface area contributed by atoms with Crippen molar-refractivity contribution in [2.45, 2.75) is 0 Å². The first-order valence-electron chi connectivity index (χ1n) is 1.32.